The number of rotatable bonds is 2. The fourth-order valence-corrected chi connectivity index (χ4v) is 0.790. The van der Waals surface area contributed by atoms with Crippen LogP contribution < -0.4 is 11.2 Å². The number of nitrogens with two attached hydrogens (primary N) is 1. The Balaban J connectivity index is 2.68. The highest BCUT2D eigenvalue weighted by molar-refractivity contribution is 5.80. The number of urea groups is 1. The molecule has 1 heterocycles. The first-order valence-corrected chi connectivity index (χ1v) is 3.70. The number of carbonyl (C=O) groups excluding carboxylic acids is 1. The number of hydrazone groups is 1. The van der Waals surface area contributed by atoms with Crippen molar-refractivity contribution in [3.05, 3.63) is 29.6 Å². The Kier molecular flexibility index (Phi) is 2.97. The van der Waals surface area contributed by atoms with Crippen molar-refractivity contribution in [2.75, 3.05) is 0 Å². The van der Waals surface area contributed by atoms with E-state index in [9.17, 15) is 4.79 Å². The van der Waals surface area contributed by atoms with Crippen molar-refractivity contribution in [3.8, 4) is 0 Å². The van der Waals surface area contributed by atoms with Crippen molar-refractivity contribution >= 4 is 12.2 Å². The quantitative estimate of drug-likeness (QED) is 0.507. The number of hydrogen-bond donors (Lipinski definition) is 2. The summed E-state index contributed by atoms with van der Waals surface area (Å²) in [6.07, 6.45) is 3.10. The molecule has 0 spiro atoms. The first kappa shape index (κ1) is 9.18. The van der Waals surface area contributed by atoms with Gasteiger partial charge in [0.15, 0.2) is 0 Å². The molecule has 0 atom stereocenters. The molecule has 0 fully saturated rings. The van der Waals surface area contributed by atoms with Crippen LogP contribution in [-0.2, 0) is 0 Å². The Labute approximate surface area is 75.7 Å². The lowest BCUT2D eigenvalue weighted by Crippen LogP contribution is -2.24. The maximum absolute atomic E-state index is 10.3. The second-order valence-electron chi connectivity index (χ2n) is 2.44. The normalized spacial score (nSPS) is 10.2. The molecule has 68 valence electrons. The number of nitrogens with one attached hydrogen (secondary N) is 1. The molecule has 0 aliphatic rings. The fraction of sp³-hybridized carbons (Fsp3) is 0.125. The number of carbonyl (C=O) groups is 1. The van der Waals surface area contributed by atoms with Crippen LogP contribution >= 0.6 is 0 Å². The van der Waals surface area contributed by atoms with Crippen LogP contribution in [-0.4, -0.2) is 17.2 Å². The third kappa shape index (κ3) is 2.90. The lowest BCUT2D eigenvalue weighted by atomic mass is 10.2. The average molecular weight is 178 g/mol. The van der Waals surface area contributed by atoms with Crippen LogP contribution in [0.15, 0.2) is 23.4 Å². The van der Waals surface area contributed by atoms with E-state index in [0.717, 1.165) is 5.56 Å². The van der Waals surface area contributed by atoms with E-state index in [0.29, 0.717) is 5.69 Å². The molecule has 0 aliphatic heterocycles. The van der Waals surface area contributed by atoms with E-state index < -0.39 is 6.03 Å². The van der Waals surface area contributed by atoms with Gasteiger partial charge in [-0.15, -0.1) is 0 Å². The van der Waals surface area contributed by atoms with Crippen LogP contribution in [0.5, 0.6) is 0 Å². The summed E-state index contributed by atoms with van der Waals surface area (Å²) in [6, 6.07) is 3.04. The Hall–Kier alpha value is -1.91. The van der Waals surface area contributed by atoms with E-state index in [4.69, 9.17) is 5.73 Å². The van der Waals surface area contributed by atoms with Crippen LogP contribution in [0.3, 0.4) is 0 Å². The highest BCUT2D eigenvalue weighted by Gasteiger charge is 1.93. The summed E-state index contributed by atoms with van der Waals surface area (Å²) in [5, 5.41) is 3.59. The highest BCUT2D eigenvalue weighted by atomic mass is 16.2. The molecule has 0 unspecified atom stereocenters. The highest BCUT2D eigenvalue weighted by Crippen LogP contribution is 1.98. The molecule has 0 saturated heterocycles. The number of hydrogen-bond acceptors (Lipinski definition) is 3. The standard InChI is InChI=1S/C8H10N4O/c1-6-3-2-4-10-7(6)5-11-12-8(9)13/h2-5H,1H3,(H3,9,12,13)/b11-5+. The van der Waals surface area contributed by atoms with Gasteiger partial charge < -0.3 is 5.73 Å². The van der Waals surface area contributed by atoms with Gasteiger partial charge in [-0.1, -0.05) is 6.07 Å². The minimum absolute atomic E-state index is 0.690. The van der Waals surface area contributed by atoms with Crippen LogP contribution in [0, 0.1) is 6.92 Å². The number of nitrogens with zero attached hydrogens (tertiary/aromatic N) is 2. The first-order valence-electron chi connectivity index (χ1n) is 3.70. The summed E-state index contributed by atoms with van der Waals surface area (Å²) in [5.41, 5.74) is 8.59. The van der Waals surface area contributed by atoms with E-state index in [1.807, 2.05) is 19.1 Å². The third-order valence-corrected chi connectivity index (χ3v) is 1.41. The summed E-state index contributed by atoms with van der Waals surface area (Å²) in [7, 11) is 0. The summed E-state index contributed by atoms with van der Waals surface area (Å²) < 4.78 is 0. The maximum atomic E-state index is 10.3. The third-order valence-electron chi connectivity index (χ3n) is 1.41. The van der Waals surface area contributed by atoms with E-state index in [1.165, 1.54) is 6.21 Å². The molecule has 3 N–H and O–H groups in total. The average Bonchev–Trinajstić information content (AvgIpc) is 2.08. The predicted molar refractivity (Wildman–Crippen MR) is 49.3 cm³/mol. The van der Waals surface area contributed by atoms with Crippen molar-refractivity contribution in [1.29, 1.82) is 0 Å². The molecular formula is C8H10N4O. The zero-order chi connectivity index (χ0) is 9.68. The summed E-state index contributed by atoms with van der Waals surface area (Å²) >= 11 is 0. The van der Waals surface area contributed by atoms with Gasteiger partial charge in [0.2, 0.25) is 0 Å². The van der Waals surface area contributed by atoms with Crippen molar-refractivity contribution in [2.24, 2.45) is 10.8 Å². The molecule has 13 heavy (non-hydrogen) atoms. The van der Waals surface area contributed by atoms with Crippen LogP contribution in [0.2, 0.25) is 0 Å². The molecule has 0 aromatic carbocycles. The molecule has 0 bridgehead atoms. The van der Waals surface area contributed by atoms with E-state index in [1.54, 1.807) is 6.20 Å². The van der Waals surface area contributed by atoms with Gasteiger partial charge in [0, 0.05) is 6.20 Å². The number of aryl methyl sites for hydroxylation is 1. The monoisotopic (exact) mass is 178 g/mol. The lowest BCUT2D eigenvalue weighted by Gasteiger charge is -1.96. The topological polar surface area (TPSA) is 80.4 Å². The van der Waals surface area contributed by atoms with Crippen molar-refractivity contribution in [1.82, 2.24) is 10.4 Å². The van der Waals surface area contributed by atoms with Crippen LogP contribution in [0.25, 0.3) is 0 Å². The van der Waals surface area contributed by atoms with Gasteiger partial charge in [-0.25, -0.2) is 10.2 Å². The minimum Gasteiger partial charge on any atom is -0.350 e. The lowest BCUT2D eigenvalue weighted by molar-refractivity contribution is 0.249. The molecular weight excluding hydrogens is 168 g/mol. The Morgan fingerprint density at radius 2 is 2.54 bits per heavy atom. The van der Waals surface area contributed by atoms with Gasteiger partial charge in [-0.2, -0.15) is 5.10 Å². The molecule has 1 aromatic rings. The SMILES string of the molecule is Cc1cccnc1/C=N/NC(N)=O. The number of pyridine rings is 1. The zero-order valence-corrected chi connectivity index (χ0v) is 7.19. The molecule has 5 nitrogen and oxygen atoms in total. The summed E-state index contributed by atoms with van der Waals surface area (Å²) in [4.78, 5) is 14.3. The largest absolute Gasteiger partial charge is 0.350 e. The molecule has 1 aromatic heterocycles. The molecule has 0 saturated carbocycles. The van der Waals surface area contributed by atoms with E-state index in [2.05, 4.69) is 15.5 Å². The first-order chi connectivity index (χ1) is 6.20. The Morgan fingerprint density at radius 1 is 1.77 bits per heavy atom. The van der Waals surface area contributed by atoms with Gasteiger partial charge in [0.05, 0.1) is 11.9 Å². The van der Waals surface area contributed by atoms with Crippen molar-refractivity contribution < 1.29 is 4.79 Å². The van der Waals surface area contributed by atoms with Gasteiger partial charge in [0.1, 0.15) is 0 Å². The fourth-order valence-electron chi connectivity index (χ4n) is 0.790. The van der Waals surface area contributed by atoms with E-state index >= 15 is 0 Å². The maximum Gasteiger partial charge on any atom is 0.332 e. The van der Waals surface area contributed by atoms with Gasteiger partial charge in [0.25, 0.3) is 0 Å². The number of primary amides is 1. The Bertz CT molecular complexity index is 335. The van der Waals surface area contributed by atoms with E-state index in [-0.39, 0.29) is 0 Å². The minimum atomic E-state index is -0.690. The van der Waals surface area contributed by atoms with Crippen LogP contribution in [0.1, 0.15) is 11.3 Å². The smallest absolute Gasteiger partial charge is 0.332 e. The predicted octanol–water partition coefficient (Wildman–Crippen LogP) is 0.392. The molecule has 0 aliphatic carbocycles. The van der Waals surface area contributed by atoms with Crippen molar-refractivity contribution in [2.45, 2.75) is 6.92 Å². The summed E-state index contributed by atoms with van der Waals surface area (Å²) in [5.74, 6) is 0. The van der Waals surface area contributed by atoms with Gasteiger partial charge >= 0.3 is 6.03 Å². The number of amides is 2. The molecule has 0 radical (unpaired) electrons. The van der Waals surface area contributed by atoms with Gasteiger partial charge in [-0.3, -0.25) is 4.98 Å². The summed E-state index contributed by atoms with van der Waals surface area (Å²) in [6.45, 7) is 1.90. The zero-order valence-electron chi connectivity index (χ0n) is 7.19. The molecule has 2 amide bonds. The second kappa shape index (κ2) is 4.20. The Morgan fingerprint density at radius 3 is 3.15 bits per heavy atom. The second-order valence-corrected chi connectivity index (χ2v) is 2.44. The van der Waals surface area contributed by atoms with Crippen LogP contribution in [0.4, 0.5) is 4.79 Å². The molecule has 5 heteroatoms. The van der Waals surface area contributed by atoms with Crippen molar-refractivity contribution in [3.63, 3.8) is 0 Å². The number of aromatic nitrogens is 1. The van der Waals surface area contributed by atoms with Gasteiger partial charge in [-0.05, 0) is 18.6 Å². The molecule has 1 rings (SSSR count).